The third kappa shape index (κ3) is 9.75. The van der Waals surface area contributed by atoms with E-state index in [0.29, 0.717) is 26.1 Å². The summed E-state index contributed by atoms with van der Waals surface area (Å²) >= 11 is 0. The van der Waals surface area contributed by atoms with Gasteiger partial charge in [0.2, 0.25) is 10.0 Å². The Hall–Kier alpha value is -0.170. The molecule has 0 rings (SSSR count). The van der Waals surface area contributed by atoms with Crippen molar-refractivity contribution in [3.63, 3.8) is 0 Å². The van der Waals surface area contributed by atoms with E-state index in [2.05, 4.69) is 10.0 Å². The second-order valence-electron chi connectivity index (χ2n) is 2.93. The highest BCUT2D eigenvalue weighted by molar-refractivity contribution is 7.88. The molecule has 13 heavy (non-hydrogen) atoms. The summed E-state index contributed by atoms with van der Waals surface area (Å²) in [7, 11) is -3.08. The zero-order chi connectivity index (χ0) is 10.3. The van der Waals surface area contributed by atoms with E-state index in [0.717, 1.165) is 6.26 Å². The zero-order valence-corrected chi connectivity index (χ0v) is 8.89. The molecular weight excluding hydrogens is 192 g/mol. The van der Waals surface area contributed by atoms with Gasteiger partial charge in [-0.05, 0) is 6.42 Å². The predicted octanol–water partition coefficient (Wildman–Crippen LogP) is -1.10. The molecule has 0 aliphatic rings. The van der Waals surface area contributed by atoms with Crippen molar-refractivity contribution in [2.24, 2.45) is 0 Å². The van der Waals surface area contributed by atoms with Gasteiger partial charge in [0.25, 0.3) is 0 Å². The normalized spacial score (nSPS) is 14.4. The standard InChI is InChI=1S/C7H18N2O3S/c1-3-7(10)6-8-4-5-9-13(2,11)12/h7-10H,3-6H2,1-2H3. The molecule has 0 radical (unpaired) electrons. The molecule has 0 saturated carbocycles. The largest absolute Gasteiger partial charge is 0.392 e. The van der Waals surface area contributed by atoms with E-state index in [1.54, 1.807) is 0 Å². The molecule has 1 atom stereocenters. The second kappa shape index (κ2) is 6.31. The summed E-state index contributed by atoms with van der Waals surface area (Å²) in [6.45, 7) is 3.28. The number of sulfonamides is 1. The van der Waals surface area contributed by atoms with Crippen LogP contribution in [0.2, 0.25) is 0 Å². The van der Waals surface area contributed by atoms with Crippen LogP contribution in [0.15, 0.2) is 0 Å². The first-order valence-electron chi connectivity index (χ1n) is 4.29. The molecule has 0 aromatic rings. The van der Waals surface area contributed by atoms with Gasteiger partial charge in [-0.15, -0.1) is 0 Å². The maximum Gasteiger partial charge on any atom is 0.208 e. The molecule has 0 aromatic carbocycles. The molecule has 80 valence electrons. The third-order valence-corrected chi connectivity index (χ3v) is 2.25. The molecule has 1 unspecified atom stereocenters. The molecule has 0 aromatic heterocycles. The van der Waals surface area contributed by atoms with Crippen molar-refractivity contribution in [3.8, 4) is 0 Å². The van der Waals surface area contributed by atoms with Crippen LogP contribution in [0, 0.1) is 0 Å². The number of hydrogen-bond donors (Lipinski definition) is 3. The molecule has 0 heterocycles. The average molecular weight is 210 g/mol. The quantitative estimate of drug-likeness (QED) is 0.466. The van der Waals surface area contributed by atoms with Crippen molar-refractivity contribution in [2.45, 2.75) is 19.4 Å². The molecule has 0 bridgehead atoms. The van der Waals surface area contributed by atoms with Gasteiger partial charge in [-0.1, -0.05) is 6.92 Å². The van der Waals surface area contributed by atoms with Crippen molar-refractivity contribution in [3.05, 3.63) is 0 Å². The lowest BCUT2D eigenvalue weighted by Crippen LogP contribution is -2.34. The van der Waals surface area contributed by atoms with Crippen molar-refractivity contribution in [1.82, 2.24) is 10.0 Å². The van der Waals surface area contributed by atoms with E-state index in [9.17, 15) is 8.42 Å². The van der Waals surface area contributed by atoms with Crippen LogP contribution in [0.1, 0.15) is 13.3 Å². The Morgan fingerprint density at radius 3 is 2.46 bits per heavy atom. The summed E-state index contributed by atoms with van der Waals surface area (Å²) in [5.74, 6) is 0. The summed E-state index contributed by atoms with van der Waals surface area (Å²) < 4.78 is 23.5. The monoisotopic (exact) mass is 210 g/mol. The van der Waals surface area contributed by atoms with Gasteiger partial charge in [-0.2, -0.15) is 0 Å². The highest BCUT2D eigenvalue weighted by Gasteiger charge is 2.00. The van der Waals surface area contributed by atoms with Crippen LogP contribution in [0.3, 0.4) is 0 Å². The fourth-order valence-electron chi connectivity index (χ4n) is 0.738. The first-order valence-corrected chi connectivity index (χ1v) is 6.18. The summed E-state index contributed by atoms with van der Waals surface area (Å²) in [6.07, 6.45) is 1.47. The molecule has 6 heteroatoms. The minimum absolute atomic E-state index is 0.349. The highest BCUT2D eigenvalue weighted by Crippen LogP contribution is 1.85. The zero-order valence-electron chi connectivity index (χ0n) is 8.08. The number of aliphatic hydroxyl groups is 1. The molecule has 5 nitrogen and oxygen atoms in total. The Morgan fingerprint density at radius 1 is 1.38 bits per heavy atom. The summed E-state index contributed by atoms with van der Waals surface area (Å²) in [6, 6.07) is 0. The fraction of sp³-hybridized carbons (Fsp3) is 1.00. The van der Waals surface area contributed by atoms with E-state index in [4.69, 9.17) is 5.11 Å². The Morgan fingerprint density at radius 2 is 2.00 bits per heavy atom. The molecule has 0 fully saturated rings. The lowest BCUT2D eigenvalue weighted by atomic mass is 10.3. The molecule has 0 saturated heterocycles. The SMILES string of the molecule is CCC(O)CNCCNS(C)(=O)=O. The molecular formula is C7H18N2O3S. The Bertz CT molecular complexity index is 216. The van der Waals surface area contributed by atoms with E-state index < -0.39 is 10.0 Å². The molecule has 0 amide bonds. The first kappa shape index (κ1) is 12.8. The molecule has 0 aliphatic carbocycles. The average Bonchev–Trinajstić information content (AvgIpc) is 2.01. The summed E-state index contributed by atoms with van der Waals surface area (Å²) in [5.41, 5.74) is 0. The van der Waals surface area contributed by atoms with E-state index in [-0.39, 0.29) is 6.10 Å². The van der Waals surface area contributed by atoms with Crippen LogP contribution >= 0.6 is 0 Å². The predicted molar refractivity (Wildman–Crippen MR) is 52.0 cm³/mol. The van der Waals surface area contributed by atoms with Crippen LogP contribution in [-0.2, 0) is 10.0 Å². The van der Waals surface area contributed by atoms with Crippen molar-refractivity contribution in [2.75, 3.05) is 25.9 Å². The van der Waals surface area contributed by atoms with E-state index >= 15 is 0 Å². The van der Waals surface area contributed by atoms with Crippen molar-refractivity contribution >= 4 is 10.0 Å². The maximum absolute atomic E-state index is 10.6. The van der Waals surface area contributed by atoms with Gasteiger partial charge >= 0.3 is 0 Å². The van der Waals surface area contributed by atoms with Crippen LogP contribution < -0.4 is 10.0 Å². The summed E-state index contributed by atoms with van der Waals surface area (Å²) in [5, 5.41) is 12.0. The minimum atomic E-state index is -3.08. The van der Waals surface area contributed by atoms with Gasteiger partial charge in [0.15, 0.2) is 0 Å². The Labute approximate surface area is 79.6 Å². The molecule has 3 N–H and O–H groups in total. The lowest BCUT2D eigenvalue weighted by Gasteiger charge is -2.08. The number of nitrogens with one attached hydrogen (secondary N) is 2. The van der Waals surface area contributed by atoms with Crippen molar-refractivity contribution in [1.29, 1.82) is 0 Å². The maximum atomic E-state index is 10.6. The molecule has 0 spiro atoms. The van der Waals surface area contributed by atoms with Gasteiger partial charge in [-0.25, -0.2) is 13.1 Å². The number of rotatable bonds is 7. The molecule has 0 aliphatic heterocycles. The van der Waals surface area contributed by atoms with Crippen LogP contribution in [0.4, 0.5) is 0 Å². The smallest absolute Gasteiger partial charge is 0.208 e. The van der Waals surface area contributed by atoms with Gasteiger partial charge in [-0.3, -0.25) is 0 Å². The van der Waals surface area contributed by atoms with Crippen LogP contribution in [-0.4, -0.2) is 45.5 Å². The van der Waals surface area contributed by atoms with E-state index in [1.807, 2.05) is 6.92 Å². The number of aliphatic hydroxyl groups excluding tert-OH is 1. The number of hydrogen-bond acceptors (Lipinski definition) is 4. The van der Waals surface area contributed by atoms with Gasteiger partial charge in [0, 0.05) is 19.6 Å². The topological polar surface area (TPSA) is 78.4 Å². The third-order valence-electron chi connectivity index (χ3n) is 1.52. The van der Waals surface area contributed by atoms with Crippen molar-refractivity contribution < 1.29 is 13.5 Å². The van der Waals surface area contributed by atoms with Crippen LogP contribution in [0.25, 0.3) is 0 Å². The van der Waals surface area contributed by atoms with E-state index in [1.165, 1.54) is 0 Å². The summed E-state index contributed by atoms with van der Waals surface area (Å²) in [4.78, 5) is 0. The van der Waals surface area contributed by atoms with Gasteiger partial charge in [0.1, 0.15) is 0 Å². The Kier molecular flexibility index (Phi) is 6.23. The van der Waals surface area contributed by atoms with Gasteiger partial charge < -0.3 is 10.4 Å². The highest BCUT2D eigenvalue weighted by atomic mass is 32.2. The fourth-order valence-corrected chi connectivity index (χ4v) is 1.21. The lowest BCUT2D eigenvalue weighted by molar-refractivity contribution is 0.168. The van der Waals surface area contributed by atoms with Gasteiger partial charge in [0.05, 0.1) is 12.4 Å². The Balaban J connectivity index is 3.27. The second-order valence-corrected chi connectivity index (χ2v) is 4.77. The van der Waals surface area contributed by atoms with Crippen LogP contribution in [0.5, 0.6) is 0 Å². The minimum Gasteiger partial charge on any atom is -0.392 e. The first-order chi connectivity index (χ1) is 5.95.